The Morgan fingerprint density at radius 1 is 1.20 bits per heavy atom. The predicted molar refractivity (Wildman–Crippen MR) is 81.0 cm³/mol. The number of benzene rings is 2. The summed E-state index contributed by atoms with van der Waals surface area (Å²) in [5, 5.41) is 3.37. The molecule has 0 bridgehead atoms. The molecule has 6 heteroatoms. The minimum absolute atomic E-state index is 0.145. The van der Waals surface area contributed by atoms with Crippen LogP contribution in [0, 0.1) is 11.6 Å². The van der Waals surface area contributed by atoms with Crippen LogP contribution < -0.4 is 11.1 Å². The smallest absolute Gasteiger partial charge is 0.128 e. The van der Waals surface area contributed by atoms with Gasteiger partial charge >= 0.3 is 0 Å². The van der Waals surface area contributed by atoms with Crippen molar-refractivity contribution >= 4 is 34.5 Å². The van der Waals surface area contributed by atoms with Gasteiger partial charge in [0.2, 0.25) is 0 Å². The van der Waals surface area contributed by atoms with Gasteiger partial charge in [0.1, 0.15) is 16.6 Å². The highest BCUT2D eigenvalue weighted by Gasteiger charge is 2.06. The van der Waals surface area contributed by atoms with E-state index in [4.69, 9.17) is 29.6 Å². The first-order valence-electron chi connectivity index (χ1n) is 5.74. The van der Waals surface area contributed by atoms with Crippen LogP contribution in [-0.4, -0.2) is 4.99 Å². The molecule has 0 amide bonds. The van der Waals surface area contributed by atoms with Crippen molar-refractivity contribution in [2.24, 2.45) is 5.73 Å². The summed E-state index contributed by atoms with van der Waals surface area (Å²) in [5.74, 6) is -0.949. The number of hydrogen-bond donors (Lipinski definition) is 2. The fourth-order valence-electron chi connectivity index (χ4n) is 1.70. The summed E-state index contributed by atoms with van der Waals surface area (Å²) in [7, 11) is 0. The SMILES string of the molecule is NC(=S)c1ccc(NCc2cc(F)ccc2F)cc1Cl. The van der Waals surface area contributed by atoms with Crippen LogP contribution in [0.5, 0.6) is 0 Å². The number of anilines is 1. The summed E-state index contributed by atoms with van der Waals surface area (Å²) in [6.07, 6.45) is 0. The lowest BCUT2D eigenvalue weighted by atomic mass is 10.1. The largest absolute Gasteiger partial charge is 0.389 e. The molecule has 0 radical (unpaired) electrons. The number of halogens is 3. The molecular formula is C14H11ClF2N2S. The lowest BCUT2D eigenvalue weighted by molar-refractivity contribution is 0.587. The third-order valence-electron chi connectivity index (χ3n) is 2.73. The number of nitrogens with two attached hydrogens (primary N) is 1. The van der Waals surface area contributed by atoms with Gasteiger partial charge in [-0.2, -0.15) is 0 Å². The Balaban J connectivity index is 2.13. The Labute approximate surface area is 125 Å². The van der Waals surface area contributed by atoms with E-state index in [0.29, 0.717) is 16.3 Å². The first-order valence-corrected chi connectivity index (χ1v) is 6.53. The van der Waals surface area contributed by atoms with E-state index in [2.05, 4.69) is 5.32 Å². The fraction of sp³-hybridized carbons (Fsp3) is 0.0714. The predicted octanol–water partition coefficient (Wildman–Crippen LogP) is 3.86. The van der Waals surface area contributed by atoms with Gasteiger partial charge in [-0.3, -0.25) is 0 Å². The van der Waals surface area contributed by atoms with Crippen LogP contribution in [0.2, 0.25) is 5.02 Å². The van der Waals surface area contributed by atoms with Gasteiger partial charge in [0.05, 0.1) is 5.02 Å². The molecule has 20 heavy (non-hydrogen) atoms. The van der Waals surface area contributed by atoms with Crippen LogP contribution in [0.1, 0.15) is 11.1 Å². The molecule has 0 aromatic heterocycles. The van der Waals surface area contributed by atoms with E-state index in [1.807, 2.05) is 0 Å². The molecule has 0 spiro atoms. The molecule has 104 valence electrons. The van der Waals surface area contributed by atoms with E-state index >= 15 is 0 Å². The molecular weight excluding hydrogens is 302 g/mol. The van der Waals surface area contributed by atoms with Gasteiger partial charge in [0, 0.05) is 23.4 Å². The number of nitrogens with one attached hydrogen (secondary N) is 1. The van der Waals surface area contributed by atoms with Gasteiger partial charge in [0.15, 0.2) is 0 Å². The zero-order valence-corrected chi connectivity index (χ0v) is 11.9. The number of thiocarbonyl (C=S) groups is 1. The quantitative estimate of drug-likeness (QED) is 0.842. The zero-order valence-electron chi connectivity index (χ0n) is 10.3. The summed E-state index contributed by atoms with van der Waals surface area (Å²) in [6.45, 7) is 0.145. The molecule has 2 rings (SSSR count). The maximum absolute atomic E-state index is 13.5. The molecule has 0 unspecified atom stereocenters. The van der Waals surface area contributed by atoms with E-state index in [0.717, 1.165) is 18.2 Å². The summed E-state index contributed by atoms with van der Waals surface area (Å²) >= 11 is 10.9. The second-order valence-corrected chi connectivity index (χ2v) is 5.00. The van der Waals surface area contributed by atoms with Crippen molar-refractivity contribution in [3.05, 3.63) is 64.2 Å². The zero-order chi connectivity index (χ0) is 14.7. The van der Waals surface area contributed by atoms with Crippen molar-refractivity contribution < 1.29 is 8.78 Å². The minimum atomic E-state index is -0.481. The van der Waals surface area contributed by atoms with E-state index in [1.54, 1.807) is 18.2 Å². The molecule has 0 aliphatic carbocycles. The molecule has 2 aromatic rings. The van der Waals surface area contributed by atoms with Gasteiger partial charge in [-0.15, -0.1) is 0 Å². The molecule has 0 heterocycles. The molecule has 0 saturated heterocycles. The molecule has 0 saturated carbocycles. The van der Waals surface area contributed by atoms with Crippen LogP contribution in [0.3, 0.4) is 0 Å². The molecule has 0 atom stereocenters. The molecule has 3 N–H and O–H groups in total. The van der Waals surface area contributed by atoms with E-state index < -0.39 is 11.6 Å². The van der Waals surface area contributed by atoms with Crippen molar-refractivity contribution in [3.63, 3.8) is 0 Å². The Bertz CT molecular complexity index is 662. The highest BCUT2D eigenvalue weighted by molar-refractivity contribution is 7.80. The third-order valence-corrected chi connectivity index (χ3v) is 3.26. The second-order valence-electron chi connectivity index (χ2n) is 4.15. The van der Waals surface area contributed by atoms with Crippen LogP contribution in [-0.2, 0) is 6.54 Å². The fourth-order valence-corrected chi connectivity index (χ4v) is 2.22. The van der Waals surface area contributed by atoms with Gasteiger partial charge in [0.25, 0.3) is 0 Å². The van der Waals surface area contributed by atoms with Crippen molar-refractivity contribution in [1.29, 1.82) is 0 Å². The first kappa shape index (κ1) is 14.7. The van der Waals surface area contributed by atoms with Gasteiger partial charge in [-0.1, -0.05) is 23.8 Å². The maximum atomic E-state index is 13.5. The Morgan fingerprint density at radius 2 is 1.95 bits per heavy atom. The van der Waals surface area contributed by atoms with E-state index in [9.17, 15) is 8.78 Å². The monoisotopic (exact) mass is 312 g/mol. The highest BCUT2D eigenvalue weighted by Crippen LogP contribution is 2.22. The van der Waals surface area contributed by atoms with Crippen molar-refractivity contribution in [3.8, 4) is 0 Å². The van der Waals surface area contributed by atoms with Crippen LogP contribution >= 0.6 is 23.8 Å². The van der Waals surface area contributed by atoms with Crippen molar-refractivity contribution in [1.82, 2.24) is 0 Å². The molecule has 0 fully saturated rings. The maximum Gasteiger partial charge on any atom is 0.128 e. The Kier molecular flexibility index (Phi) is 4.52. The van der Waals surface area contributed by atoms with Crippen LogP contribution in [0.4, 0.5) is 14.5 Å². The number of hydrogen-bond acceptors (Lipinski definition) is 2. The summed E-state index contributed by atoms with van der Waals surface area (Å²) in [4.78, 5) is 0.206. The van der Waals surface area contributed by atoms with Gasteiger partial charge in [-0.05, 0) is 36.4 Å². The van der Waals surface area contributed by atoms with Gasteiger partial charge in [-0.25, -0.2) is 8.78 Å². The summed E-state index contributed by atoms with van der Waals surface area (Å²) in [6, 6.07) is 8.34. The minimum Gasteiger partial charge on any atom is -0.389 e. The molecule has 2 aromatic carbocycles. The standard InChI is InChI=1S/C14H11ClF2N2S/c15-12-6-10(2-3-11(12)14(18)20)19-7-8-5-9(16)1-4-13(8)17/h1-6,19H,7H2,(H2,18,20). The topological polar surface area (TPSA) is 38.0 Å². The average Bonchev–Trinajstić information content (AvgIpc) is 2.39. The second kappa shape index (κ2) is 6.15. The Morgan fingerprint density at radius 3 is 2.60 bits per heavy atom. The van der Waals surface area contributed by atoms with Crippen LogP contribution in [0.15, 0.2) is 36.4 Å². The third kappa shape index (κ3) is 3.43. The van der Waals surface area contributed by atoms with Crippen molar-refractivity contribution in [2.75, 3.05) is 5.32 Å². The van der Waals surface area contributed by atoms with E-state index in [-0.39, 0.29) is 17.1 Å². The molecule has 0 aliphatic heterocycles. The molecule has 2 nitrogen and oxygen atoms in total. The average molecular weight is 313 g/mol. The van der Waals surface area contributed by atoms with Crippen molar-refractivity contribution in [2.45, 2.75) is 6.54 Å². The highest BCUT2D eigenvalue weighted by atomic mass is 35.5. The Hall–Kier alpha value is -1.72. The summed E-state index contributed by atoms with van der Waals surface area (Å²) in [5.41, 5.74) is 6.98. The molecule has 0 aliphatic rings. The van der Waals surface area contributed by atoms with E-state index in [1.165, 1.54) is 0 Å². The normalized spacial score (nSPS) is 10.3. The lowest BCUT2D eigenvalue weighted by Crippen LogP contribution is -2.10. The summed E-state index contributed by atoms with van der Waals surface area (Å²) < 4.78 is 26.5. The van der Waals surface area contributed by atoms with Gasteiger partial charge < -0.3 is 11.1 Å². The first-order chi connectivity index (χ1) is 9.47. The lowest BCUT2D eigenvalue weighted by Gasteiger charge is -2.10. The number of rotatable bonds is 4. The van der Waals surface area contributed by atoms with Crippen LogP contribution in [0.25, 0.3) is 0 Å².